The first-order valence-corrected chi connectivity index (χ1v) is 6.04. The molecule has 0 saturated heterocycles. The summed E-state index contributed by atoms with van der Waals surface area (Å²) < 4.78 is 11.1. The lowest BCUT2D eigenvalue weighted by Crippen LogP contribution is -2.00. The van der Waals surface area contributed by atoms with Gasteiger partial charge in [0.1, 0.15) is 24.1 Å². The summed E-state index contributed by atoms with van der Waals surface area (Å²) in [5.74, 6) is 1.03. The van der Waals surface area contributed by atoms with Crippen LogP contribution in [0, 0.1) is 11.3 Å². The van der Waals surface area contributed by atoms with Gasteiger partial charge >= 0.3 is 0 Å². The Morgan fingerprint density at radius 1 is 1.20 bits per heavy atom. The molecule has 98 valence electrons. The molecule has 0 atom stereocenters. The van der Waals surface area contributed by atoms with Crippen LogP contribution in [0.4, 0.5) is 5.82 Å². The number of nitrogens with two attached hydrogens (primary N) is 1. The molecule has 5 nitrogen and oxygen atoms in total. The lowest BCUT2D eigenvalue weighted by molar-refractivity contribution is 0.299. The molecule has 0 radical (unpaired) electrons. The summed E-state index contributed by atoms with van der Waals surface area (Å²) in [5, 5.41) is 9.87. The van der Waals surface area contributed by atoms with Gasteiger partial charge in [0.15, 0.2) is 5.75 Å². The van der Waals surface area contributed by atoms with Crippen LogP contribution in [0.5, 0.6) is 5.75 Å². The number of anilines is 1. The Bertz CT molecular complexity index is 802. The van der Waals surface area contributed by atoms with Gasteiger partial charge in [-0.2, -0.15) is 5.26 Å². The van der Waals surface area contributed by atoms with E-state index in [9.17, 15) is 0 Å². The van der Waals surface area contributed by atoms with Crippen molar-refractivity contribution in [2.75, 3.05) is 5.73 Å². The first kappa shape index (κ1) is 12.1. The highest BCUT2D eigenvalue weighted by molar-refractivity contribution is 5.86. The van der Waals surface area contributed by atoms with E-state index in [1.807, 2.05) is 30.3 Å². The molecule has 3 rings (SSSR count). The minimum atomic E-state index is 0.162. The van der Waals surface area contributed by atoms with Crippen molar-refractivity contribution in [3.05, 3.63) is 53.9 Å². The first-order chi connectivity index (χ1) is 9.78. The van der Waals surface area contributed by atoms with Gasteiger partial charge in [0.2, 0.25) is 5.76 Å². The van der Waals surface area contributed by atoms with Crippen LogP contribution in [0.25, 0.3) is 11.0 Å². The number of nitrogen functional groups attached to an aromatic ring is 1. The van der Waals surface area contributed by atoms with E-state index in [0.717, 1.165) is 5.39 Å². The number of nitrogens with zero attached hydrogens (tertiary/aromatic N) is 2. The predicted octanol–water partition coefficient (Wildman–Crippen LogP) is 2.86. The average molecular weight is 265 g/mol. The van der Waals surface area contributed by atoms with E-state index >= 15 is 0 Å². The highest BCUT2D eigenvalue weighted by Crippen LogP contribution is 2.32. The lowest BCUT2D eigenvalue weighted by atomic mass is 10.2. The molecular weight excluding hydrogens is 254 g/mol. The normalized spacial score (nSPS) is 10.3. The first-order valence-electron chi connectivity index (χ1n) is 6.04. The summed E-state index contributed by atoms with van der Waals surface area (Å²) in [4.78, 5) is 4.15. The molecular formula is C15H11N3O2. The molecule has 0 aliphatic rings. The van der Waals surface area contributed by atoms with Crippen LogP contribution < -0.4 is 10.5 Å². The molecule has 0 bridgehead atoms. The Kier molecular flexibility index (Phi) is 2.98. The topological polar surface area (TPSA) is 85.1 Å². The summed E-state index contributed by atoms with van der Waals surface area (Å²) in [6.07, 6.45) is 0. The van der Waals surface area contributed by atoms with Gasteiger partial charge in [0.25, 0.3) is 0 Å². The summed E-state index contributed by atoms with van der Waals surface area (Å²) >= 11 is 0. The second-order valence-corrected chi connectivity index (χ2v) is 4.21. The number of aromatic nitrogens is 1. The molecule has 2 N–H and O–H groups in total. The van der Waals surface area contributed by atoms with Crippen molar-refractivity contribution in [2.24, 2.45) is 0 Å². The third-order valence-corrected chi connectivity index (χ3v) is 2.84. The van der Waals surface area contributed by atoms with Gasteiger partial charge in [0, 0.05) is 0 Å². The van der Waals surface area contributed by atoms with Gasteiger partial charge in [-0.05, 0) is 24.3 Å². The zero-order valence-electron chi connectivity index (χ0n) is 10.5. The van der Waals surface area contributed by atoms with Crippen molar-refractivity contribution in [3.63, 3.8) is 0 Å². The zero-order chi connectivity index (χ0) is 13.9. The number of pyridine rings is 1. The summed E-state index contributed by atoms with van der Waals surface area (Å²) in [6.45, 7) is 0.225. The maximum Gasteiger partial charge on any atom is 0.246 e. The SMILES string of the molecule is N#Cc1oc2ccccc2c1OCc1cccc(N)n1. The average Bonchev–Trinajstić information content (AvgIpc) is 2.83. The number of fused-ring (bicyclic) bond motifs is 1. The monoisotopic (exact) mass is 265 g/mol. The van der Waals surface area contributed by atoms with Gasteiger partial charge in [-0.25, -0.2) is 4.98 Å². The van der Waals surface area contributed by atoms with Gasteiger partial charge in [0.05, 0.1) is 11.1 Å². The molecule has 0 fully saturated rings. The van der Waals surface area contributed by atoms with Crippen molar-refractivity contribution in [3.8, 4) is 11.8 Å². The molecule has 20 heavy (non-hydrogen) atoms. The van der Waals surface area contributed by atoms with E-state index in [4.69, 9.17) is 20.1 Å². The summed E-state index contributed by atoms with van der Waals surface area (Å²) in [7, 11) is 0. The molecule has 5 heteroatoms. The van der Waals surface area contributed by atoms with Crippen LogP contribution in [-0.4, -0.2) is 4.98 Å². The Balaban J connectivity index is 1.93. The van der Waals surface area contributed by atoms with Gasteiger partial charge in [-0.1, -0.05) is 18.2 Å². The Morgan fingerprint density at radius 3 is 2.85 bits per heavy atom. The van der Waals surface area contributed by atoms with Crippen molar-refractivity contribution < 1.29 is 9.15 Å². The van der Waals surface area contributed by atoms with Gasteiger partial charge in [-0.15, -0.1) is 0 Å². The van der Waals surface area contributed by atoms with Crippen molar-refractivity contribution in [1.82, 2.24) is 4.98 Å². The van der Waals surface area contributed by atoms with Crippen molar-refractivity contribution in [1.29, 1.82) is 5.26 Å². The predicted molar refractivity (Wildman–Crippen MR) is 73.9 cm³/mol. The fourth-order valence-electron chi connectivity index (χ4n) is 1.96. The number of ether oxygens (including phenoxy) is 1. The fourth-order valence-corrected chi connectivity index (χ4v) is 1.96. The van der Waals surface area contributed by atoms with Crippen LogP contribution in [0.3, 0.4) is 0 Å². The minimum absolute atomic E-state index is 0.162. The fraction of sp³-hybridized carbons (Fsp3) is 0.0667. The second kappa shape index (κ2) is 4.94. The largest absolute Gasteiger partial charge is 0.482 e. The molecule has 0 unspecified atom stereocenters. The van der Waals surface area contributed by atoms with E-state index in [2.05, 4.69) is 4.98 Å². The number of benzene rings is 1. The van der Waals surface area contributed by atoms with E-state index in [1.54, 1.807) is 18.2 Å². The number of hydrogen-bond acceptors (Lipinski definition) is 5. The summed E-state index contributed by atoms with van der Waals surface area (Å²) in [6, 6.07) is 14.7. The van der Waals surface area contributed by atoms with Crippen molar-refractivity contribution >= 4 is 16.8 Å². The third-order valence-electron chi connectivity index (χ3n) is 2.84. The second-order valence-electron chi connectivity index (χ2n) is 4.21. The molecule has 3 aromatic rings. The van der Waals surface area contributed by atoms with Gasteiger partial charge in [-0.3, -0.25) is 0 Å². The van der Waals surface area contributed by atoms with E-state index < -0.39 is 0 Å². The molecule has 1 aromatic carbocycles. The van der Waals surface area contributed by atoms with Crippen LogP contribution in [0.2, 0.25) is 0 Å². The smallest absolute Gasteiger partial charge is 0.246 e. The lowest BCUT2D eigenvalue weighted by Gasteiger charge is -2.04. The van der Waals surface area contributed by atoms with Crippen LogP contribution in [0.15, 0.2) is 46.9 Å². The Morgan fingerprint density at radius 2 is 2.05 bits per heavy atom. The van der Waals surface area contributed by atoms with E-state index in [1.165, 1.54) is 0 Å². The highest BCUT2D eigenvalue weighted by Gasteiger charge is 2.15. The van der Waals surface area contributed by atoms with Crippen LogP contribution in [-0.2, 0) is 6.61 Å². The summed E-state index contributed by atoms with van der Waals surface area (Å²) in [5.41, 5.74) is 6.93. The van der Waals surface area contributed by atoms with Crippen LogP contribution >= 0.6 is 0 Å². The zero-order valence-corrected chi connectivity index (χ0v) is 10.5. The number of nitriles is 1. The quantitative estimate of drug-likeness (QED) is 0.787. The molecule has 2 heterocycles. The van der Waals surface area contributed by atoms with Crippen molar-refractivity contribution in [2.45, 2.75) is 6.61 Å². The molecule has 0 amide bonds. The molecule has 0 spiro atoms. The number of rotatable bonds is 3. The number of para-hydroxylation sites is 1. The molecule has 0 aliphatic carbocycles. The molecule has 0 saturated carbocycles. The number of hydrogen-bond donors (Lipinski definition) is 1. The maximum atomic E-state index is 9.10. The van der Waals surface area contributed by atoms with Crippen LogP contribution in [0.1, 0.15) is 11.5 Å². The highest BCUT2D eigenvalue weighted by atomic mass is 16.5. The third kappa shape index (κ3) is 2.15. The number of furan rings is 1. The van der Waals surface area contributed by atoms with Gasteiger partial charge < -0.3 is 14.9 Å². The standard InChI is InChI=1S/C15H11N3O2/c16-8-13-15(11-5-1-2-6-12(11)20-13)19-9-10-4-3-7-14(17)18-10/h1-7H,9H2,(H2,17,18). The maximum absolute atomic E-state index is 9.10. The van der Waals surface area contributed by atoms with E-state index in [0.29, 0.717) is 22.8 Å². The Labute approximate surface area is 115 Å². The van der Waals surface area contributed by atoms with E-state index in [-0.39, 0.29) is 12.4 Å². The molecule has 2 aromatic heterocycles. The molecule has 0 aliphatic heterocycles. The minimum Gasteiger partial charge on any atom is -0.482 e. The Hall–Kier alpha value is -3.00.